The Hall–Kier alpha value is -2.71. The number of hydrogen-bond acceptors (Lipinski definition) is 8. The van der Waals surface area contributed by atoms with Crippen molar-refractivity contribution in [2.24, 2.45) is 5.92 Å². The summed E-state index contributed by atoms with van der Waals surface area (Å²) in [5, 5.41) is 10.8. The summed E-state index contributed by atoms with van der Waals surface area (Å²) in [7, 11) is 5.02. The number of phenols is 1. The summed E-state index contributed by atoms with van der Waals surface area (Å²) in [5.41, 5.74) is 9.66. The summed E-state index contributed by atoms with van der Waals surface area (Å²) >= 11 is 0. The van der Waals surface area contributed by atoms with Crippen molar-refractivity contribution in [3.05, 3.63) is 64.9 Å². The molecule has 1 aromatic heterocycles. The Kier molecular flexibility index (Phi) is 8.23. The molecule has 0 amide bonds. The molecule has 4 rings (SSSR count). The van der Waals surface area contributed by atoms with E-state index in [4.69, 9.17) is 10.5 Å². The van der Waals surface area contributed by atoms with Crippen LogP contribution in [0.4, 0.5) is 5.82 Å². The summed E-state index contributed by atoms with van der Waals surface area (Å²) in [6, 6.07) is 5.48. The molecule has 0 saturated heterocycles. The third-order valence-electron chi connectivity index (χ3n) is 6.59. The van der Waals surface area contributed by atoms with Crippen LogP contribution < -0.4 is 10.5 Å². The number of anilines is 1. The van der Waals surface area contributed by atoms with Crippen molar-refractivity contribution in [2.75, 3.05) is 12.8 Å². The van der Waals surface area contributed by atoms with E-state index in [0.29, 0.717) is 23.9 Å². The number of rotatable bonds is 2. The summed E-state index contributed by atoms with van der Waals surface area (Å²) in [6.07, 6.45) is 11.3. The van der Waals surface area contributed by atoms with Crippen LogP contribution in [-0.2, 0) is 15.3 Å². The molecule has 0 unspecified atom stereocenters. The summed E-state index contributed by atoms with van der Waals surface area (Å²) < 4.78 is 5.34. The summed E-state index contributed by atoms with van der Waals surface area (Å²) in [4.78, 5) is 29.6. The smallest absolute Gasteiger partial charge is 0.163 e. The van der Waals surface area contributed by atoms with Crippen LogP contribution in [0.2, 0.25) is 0 Å². The molecule has 0 radical (unpaired) electrons. The summed E-state index contributed by atoms with van der Waals surface area (Å²) in [6.45, 7) is 2.14. The van der Waals surface area contributed by atoms with Gasteiger partial charge in [-0.2, -0.15) is 0 Å². The van der Waals surface area contributed by atoms with E-state index in [1.807, 2.05) is 0 Å². The molecule has 184 valence electrons. The quantitative estimate of drug-likeness (QED) is 0.302. The Bertz CT molecular complexity index is 1180. The van der Waals surface area contributed by atoms with E-state index in [-0.39, 0.29) is 34.9 Å². The number of pyridine rings is 1. The summed E-state index contributed by atoms with van der Waals surface area (Å²) in [5.74, 6) is 1.37. The van der Waals surface area contributed by atoms with Crippen LogP contribution >= 0.6 is 21.6 Å². The second-order valence-electron chi connectivity index (χ2n) is 8.87. The van der Waals surface area contributed by atoms with Crippen LogP contribution in [0.15, 0.2) is 42.6 Å². The number of hydrogen-bond donors (Lipinski definition) is 2. The van der Waals surface area contributed by atoms with Gasteiger partial charge in [-0.25, -0.2) is 4.98 Å². The van der Waals surface area contributed by atoms with Crippen molar-refractivity contribution < 1.29 is 19.4 Å². The van der Waals surface area contributed by atoms with Gasteiger partial charge >= 0.3 is 0 Å². The highest BCUT2D eigenvalue weighted by molar-refractivity contribution is 8.76. The lowest BCUT2D eigenvalue weighted by molar-refractivity contribution is -0.124. The number of carbonyl (C=O) groups is 2. The molecule has 2 heterocycles. The van der Waals surface area contributed by atoms with Crippen LogP contribution in [0.3, 0.4) is 0 Å². The van der Waals surface area contributed by atoms with Gasteiger partial charge in [0.2, 0.25) is 0 Å². The number of nitrogens with zero attached hydrogens (tertiary/aromatic N) is 1. The SMILES string of the molecule is CC[C@@H]1CCC(=O)CC(=O)/C=C/c2cc(OC)c(O)cc2[C@@H]2/C=C\[C@H]1SSCc1cc2cnc1N. The average Bonchev–Trinajstić information content (AvgIpc) is 2.84. The predicted molar refractivity (Wildman–Crippen MR) is 144 cm³/mol. The Morgan fingerprint density at radius 2 is 2.03 bits per heavy atom. The monoisotopic (exact) mass is 510 g/mol. The molecule has 2 aromatic rings. The van der Waals surface area contributed by atoms with E-state index in [9.17, 15) is 14.7 Å². The van der Waals surface area contributed by atoms with Gasteiger partial charge < -0.3 is 15.6 Å². The molecule has 4 bridgehead atoms. The van der Waals surface area contributed by atoms with Crippen molar-refractivity contribution in [1.29, 1.82) is 0 Å². The van der Waals surface area contributed by atoms with Crippen molar-refractivity contribution in [2.45, 2.75) is 49.5 Å². The topological polar surface area (TPSA) is 103 Å². The molecule has 1 aromatic carbocycles. The Labute approximate surface area is 213 Å². The molecule has 2 aliphatic rings. The van der Waals surface area contributed by atoms with E-state index in [1.54, 1.807) is 46.0 Å². The maximum atomic E-state index is 12.6. The van der Waals surface area contributed by atoms with E-state index < -0.39 is 0 Å². The minimum atomic E-state index is -0.232. The number of Topliss-reactive ketones (excluding diaryl/α,β-unsaturated/α-hetero) is 1. The van der Waals surface area contributed by atoms with Gasteiger partial charge in [-0.1, -0.05) is 53.2 Å². The maximum absolute atomic E-state index is 12.6. The van der Waals surface area contributed by atoms with E-state index >= 15 is 0 Å². The number of ketones is 2. The molecule has 0 spiro atoms. The van der Waals surface area contributed by atoms with Gasteiger partial charge in [0.25, 0.3) is 0 Å². The molecular weight excluding hydrogens is 480 g/mol. The Morgan fingerprint density at radius 1 is 1.20 bits per heavy atom. The molecule has 6 nitrogen and oxygen atoms in total. The average molecular weight is 511 g/mol. The zero-order valence-corrected chi connectivity index (χ0v) is 21.5. The van der Waals surface area contributed by atoms with Crippen molar-refractivity contribution >= 4 is 45.0 Å². The number of phenolic OH excluding ortho intramolecular Hbond substituents is 1. The van der Waals surface area contributed by atoms with Crippen molar-refractivity contribution in [3.63, 3.8) is 0 Å². The lowest BCUT2D eigenvalue weighted by atomic mass is 9.85. The lowest BCUT2D eigenvalue weighted by Gasteiger charge is -2.26. The number of allylic oxidation sites excluding steroid dienone is 2. The highest BCUT2D eigenvalue weighted by Crippen LogP contribution is 2.43. The van der Waals surface area contributed by atoms with Gasteiger partial charge in [0, 0.05) is 35.1 Å². The van der Waals surface area contributed by atoms with Crippen molar-refractivity contribution in [1.82, 2.24) is 4.98 Å². The lowest BCUT2D eigenvalue weighted by Crippen LogP contribution is -2.17. The minimum Gasteiger partial charge on any atom is -0.504 e. The van der Waals surface area contributed by atoms with Crippen LogP contribution in [0, 0.1) is 5.92 Å². The first-order chi connectivity index (χ1) is 16.9. The molecule has 8 heteroatoms. The fourth-order valence-electron chi connectivity index (χ4n) is 4.53. The first-order valence-electron chi connectivity index (χ1n) is 11.7. The second-order valence-corrected chi connectivity index (χ2v) is 11.4. The largest absolute Gasteiger partial charge is 0.504 e. The molecular formula is C27H30N2O4S2. The van der Waals surface area contributed by atoms with Gasteiger partial charge in [0.05, 0.1) is 13.5 Å². The number of fused-ring (bicyclic) bond motifs is 7. The number of methoxy groups -OCH3 is 1. The number of aromatic nitrogens is 1. The highest BCUT2D eigenvalue weighted by atomic mass is 33.1. The zero-order chi connectivity index (χ0) is 24.9. The number of nitrogens with two attached hydrogens (primary N) is 1. The second kappa shape index (κ2) is 11.4. The standard InChI is InChI=1S/C27H30N2O4S2/c1-3-16-4-6-20(30)12-21(31)7-5-17-11-25(33-2)24(32)13-23(17)22-8-9-26(16)35-34-15-19-10-18(22)14-29-27(19)28/h5,7-11,13-14,16,22,26,32H,3-4,6,12,15H2,1-2H3,(H2,28,29)/b7-5+,9-8-/t16-,22-,26-/m1/s1. The number of ether oxygens (including phenoxy) is 1. The van der Waals surface area contributed by atoms with Crippen LogP contribution in [0.25, 0.3) is 6.08 Å². The first-order valence-corrected chi connectivity index (χ1v) is 14.1. The molecule has 0 fully saturated rings. The first kappa shape index (κ1) is 25.4. The Morgan fingerprint density at radius 3 is 2.80 bits per heavy atom. The maximum Gasteiger partial charge on any atom is 0.163 e. The fourth-order valence-corrected chi connectivity index (χ4v) is 7.48. The Balaban J connectivity index is 1.93. The number of nitrogen functional groups attached to an aromatic ring is 1. The van der Waals surface area contributed by atoms with E-state index in [2.05, 4.69) is 30.1 Å². The van der Waals surface area contributed by atoms with Gasteiger partial charge in [-0.15, -0.1) is 0 Å². The predicted octanol–water partition coefficient (Wildman–Crippen LogP) is 5.69. The van der Waals surface area contributed by atoms with Gasteiger partial charge in [0.1, 0.15) is 11.6 Å². The molecule has 1 aliphatic carbocycles. The fraction of sp³-hybridized carbons (Fsp3) is 0.370. The highest BCUT2D eigenvalue weighted by Gasteiger charge is 2.25. The normalized spacial score (nSPS) is 24.8. The minimum absolute atomic E-state index is 0.0179. The third kappa shape index (κ3) is 5.93. The number of aromatic hydroxyl groups is 1. The van der Waals surface area contributed by atoms with Crippen molar-refractivity contribution in [3.8, 4) is 11.5 Å². The van der Waals surface area contributed by atoms with Gasteiger partial charge in [0.15, 0.2) is 17.3 Å². The van der Waals surface area contributed by atoms with Crippen LogP contribution in [0.1, 0.15) is 60.8 Å². The molecule has 3 N–H and O–H groups in total. The van der Waals surface area contributed by atoms with E-state index in [0.717, 1.165) is 40.8 Å². The third-order valence-corrected chi connectivity index (χ3v) is 9.35. The van der Waals surface area contributed by atoms with Gasteiger partial charge in [-0.3, -0.25) is 9.59 Å². The number of carbonyl (C=O) groups excluding carboxylic acids is 2. The van der Waals surface area contributed by atoms with Crippen LogP contribution in [-0.4, -0.2) is 34.0 Å². The molecule has 35 heavy (non-hydrogen) atoms. The van der Waals surface area contributed by atoms with Gasteiger partial charge in [-0.05, 0) is 53.3 Å². The molecule has 3 atom stereocenters. The van der Waals surface area contributed by atoms with Crippen LogP contribution in [0.5, 0.6) is 11.5 Å². The molecule has 0 saturated carbocycles. The molecule has 1 aliphatic heterocycles. The van der Waals surface area contributed by atoms with E-state index in [1.165, 1.54) is 13.2 Å². The number of benzene rings is 1. The zero-order valence-electron chi connectivity index (χ0n) is 19.9.